The number of anilines is 1. The minimum atomic E-state index is -0.608. The largest absolute Gasteiger partial charge is 0.334 e. The highest BCUT2D eigenvalue weighted by Gasteiger charge is 2.27. The number of fused-ring (bicyclic) bond motifs is 1. The highest BCUT2D eigenvalue weighted by Crippen LogP contribution is 2.25. The third kappa shape index (κ3) is 3.71. The van der Waals surface area contributed by atoms with Gasteiger partial charge in [-0.3, -0.25) is 19.3 Å². The highest BCUT2D eigenvalue weighted by molar-refractivity contribution is 6.40. The maximum atomic E-state index is 12.6. The van der Waals surface area contributed by atoms with Gasteiger partial charge in [-0.15, -0.1) is 0 Å². The molecule has 0 aliphatic carbocycles. The van der Waals surface area contributed by atoms with E-state index < -0.39 is 11.8 Å². The van der Waals surface area contributed by atoms with E-state index in [1.807, 2.05) is 35.9 Å². The summed E-state index contributed by atoms with van der Waals surface area (Å²) in [7, 11) is 0. The van der Waals surface area contributed by atoms with E-state index in [1.54, 1.807) is 17.4 Å². The molecular formula is C20H22N6O2. The molecule has 3 heterocycles. The lowest BCUT2D eigenvalue weighted by molar-refractivity contribution is -0.144. The van der Waals surface area contributed by atoms with Crippen molar-refractivity contribution in [3.8, 4) is 0 Å². The van der Waals surface area contributed by atoms with Crippen molar-refractivity contribution in [2.45, 2.75) is 26.3 Å². The molecule has 8 nitrogen and oxygen atoms in total. The van der Waals surface area contributed by atoms with Crippen molar-refractivity contribution in [3.05, 3.63) is 48.7 Å². The third-order valence-corrected chi connectivity index (χ3v) is 5.23. The van der Waals surface area contributed by atoms with Gasteiger partial charge in [0, 0.05) is 31.2 Å². The van der Waals surface area contributed by atoms with Gasteiger partial charge in [-0.25, -0.2) is 4.98 Å². The topological polar surface area (TPSA) is 93.0 Å². The summed E-state index contributed by atoms with van der Waals surface area (Å²) in [6.45, 7) is 3.90. The molecule has 1 N–H and O–H groups in total. The highest BCUT2D eigenvalue weighted by atomic mass is 16.2. The summed E-state index contributed by atoms with van der Waals surface area (Å²) in [6.07, 6.45) is 6.63. The van der Waals surface area contributed by atoms with Crippen molar-refractivity contribution in [2.24, 2.45) is 5.92 Å². The number of carbonyl (C=O) groups excluding carboxylic acids is 2. The van der Waals surface area contributed by atoms with Gasteiger partial charge in [-0.05, 0) is 49.4 Å². The van der Waals surface area contributed by atoms with Crippen molar-refractivity contribution in [1.29, 1.82) is 0 Å². The van der Waals surface area contributed by atoms with Gasteiger partial charge in [-0.1, -0.05) is 6.07 Å². The summed E-state index contributed by atoms with van der Waals surface area (Å²) in [5.74, 6) is -0.665. The lowest BCUT2D eigenvalue weighted by atomic mass is 9.97. The smallest absolute Gasteiger partial charge is 0.313 e. The normalized spacial score (nSPS) is 15.0. The average molecular weight is 378 g/mol. The summed E-state index contributed by atoms with van der Waals surface area (Å²) >= 11 is 0. The molecule has 144 valence electrons. The van der Waals surface area contributed by atoms with Crippen molar-refractivity contribution in [1.82, 2.24) is 24.6 Å². The van der Waals surface area contributed by atoms with Crippen molar-refractivity contribution in [3.63, 3.8) is 0 Å². The van der Waals surface area contributed by atoms with E-state index in [9.17, 15) is 9.59 Å². The van der Waals surface area contributed by atoms with Crippen LogP contribution in [0, 0.1) is 12.8 Å². The van der Waals surface area contributed by atoms with Crippen LogP contribution < -0.4 is 5.32 Å². The second-order valence-electron chi connectivity index (χ2n) is 7.14. The van der Waals surface area contributed by atoms with Crippen LogP contribution in [0.5, 0.6) is 0 Å². The Hall–Kier alpha value is -3.29. The Balaban J connectivity index is 1.38. The van der Waals surface area contributed by atoms with Crippen LogP contribution in [-0.4, -0.2) is 49.6 Å². The summed E-state index contributed by atoms with van der Waals surface area (Å²) in [6, 6.07) is 7.42. The van der Waals surface area contributed by atoms with E-state index in [0.717, 1.165) is 35.9 Å². The number of nitrogens with zero attached hydrogens (tertiary/aromatic N) is 5. The minimum absolute atomic E-state index is 0.431. The van der Waals surface area contributed by atoms with Gasteiger partial charge in [0.15, 0.2) is 0 Å². The molecule has 1 saturated heterocycles. The lowest BCUT2D eigenvalue weighted by Gasteiger charge is -2.31. The molecule has 28 heavy (non-hydrogen) atoms. The quantitative estimate of drug-likeness (QED) is 0.704. The number of carbonyl (C=O) groups is 2. The number of pyridine rings is 1. The Morgan fingerprint density at radius 2 is 2.04 bits per heavy atom. The Kier molecular flexibility index (Phi) is 5.01. The van der Waals surface area contributed by atoms with Crippen LogP contribution in [0.2, 0.25) is 0 Å². The monoisotopic (exact) mass is 378 g/mol. The molecule has 2 aromatic heterocycles. The van der Waals surface area contributed by atoms with Gasteiger partial charge < -0.3 is 10.2 Å². The zero-order chi connectivity index (χ0) is 19.5. The Morgan fingerprint density at radius 1 is 1.21 bits per heavy atom. The maximum Gasteiger partial charge on any atom is 0.313 e. The molecule has 0 atom stereocenters. The van der Waals surface area contributed by atoms with E-state index in [2.05, 4.69) is 20.4 Å². The van der Waals surface area contributed by atoms with Crippen molar-refractivity contribution < 1.29 is 9.59 Å². The van der Waals surface area contributed by atoms with Gasteiger partial charge in [0.25, 0.3) is 0 Å². The Morgan fingerprint density at radius 3 is 2.79 bits per heavy atom. The number of hydrogen-bond donors (Lipinski definition) is 1. The summed E-state index contributed by atoms with van der Waals surface area (Å²) in [5, 5.41) is 7.72. The minimum Gasteiger partial charge on any atom is -0.334 e. The fourth-order valence-corrected chi connectivity index (χ4v) is 3.65. The zero-order valence-corrected chi connectivity index (χ0v) is 15.7. The number of piperidine rings is 1. The van der Waals surface area contributed by atoms with Crippen LogP contribution in [0.3, 0.4) is 0 Å². The predicted octanol–water partition coefficient (Wildman–Crippen LogP) is 2.01. The van der Waals surface area contributed by atoms with E-state index in [-0.39, 0.29) is 0 Å². The van der Waals surface area contributed by atoms with Crippen LogP contribution in [0.25, 0.3) is 10.9 Å². The molecule has 0 saturated carbocycles. The number of amides is 2. The first-order valence-corrected chi connectivity index (χ1v) is 9.39. The Bertz CT molecular complexity index is 993. The van der Waals surface area contributed by atoms with Gasteiger partial charge in [-0.2, -0.15) is 5.10 Å². The van der Waals surface area contributed by atoms with Gasteiger partial charge in [0.1, 0.15) is 12.7 Å². The molecule has 0 bridgehead atoms. The molecule has 2 amide bonds. The molecule has 0 radical (unpaired) electrons. The summed E-state index contributed by atoms with van der Waals surface area (Å²) in [4.78, 5) is 35.1. The first-order chi connectivity index (χ1) is 13.6. The van der Waals surface area contributed by atoms with E-state index >= 15 is 0 Å². The van der Waals surface area contributed by atoms with Crippen LogP contribution in [-0.2, 0) is 16.1 Å². The fraction of sp³-hybridized carbons (Fsp3) is 0.350. The number of hydrogen-bond acceptors (Lipinski definition) is 5. The number of aryl methyl sites for hydroxylation is 1. The lowest BCUT2D eigenvalue weighted by Crippen LogP contribution is -2.44. The molecule has 1 fully saturated rings. The number of aromatic nitrogens is 4. The molecule has 0 unspecified atom stereocenters. The second-order valence-corrected chi connectivity index (χ2v) is 7.14. The van der Waals surface area contributed by atoms with Crippen LogP contribution in [0.15, 0.2) is 43.1 Å². The molecule has 1 aliphatic rings. The van der Waals surface area contributed by atoms with E-state index in [1.165, 1.54) is 6.33 Å². The molecule has 3 aromatic rings. The SMILES string of the molecule is Cc1ccc(NC(=O)C(=O)N2CCC(Cn3cncn3)CC2)c2cccnc12. The number of benzene rings is 1. The Labute approximate surface area is 162 Å². The summed E-state index contributed by atoms with van der Waals surface area (Å²) in [5.41, 5.74) is 2.45. The molecule has 0 spiro atoms. The first kappa shape index (κ1) is 18.1. The van der Waals surface area contributed by atoms with Crippen molar-refractivity contribution in [2.75, 3.05) is 18.4 Å². The molecule has 8 heteroatoms. The van der Waals surface area contributed by atoms with Crippen LogP contribution >= 0.6 is 0 Å². The number of rotatable bonds is 3. The van der Waals surface area contributed by atoms with E-state index in [0.29, 0.717) is 24.7 Å². The van der Waals surface area contributed by atoms with Gasteiger partial charge in [0.05, 0.1) is 11.2 Å². The van der Waals surface area contributed by atoms with Gasteiger partial charge >= 0.3 is 11.8 Å². The average Bonchev–Trinajstić information content (AvgIpc) is 3.23. The summed E-state index contributed by atoms with van der Waals surface area (Å²) < 4.78 is 1.81. The second kappa shape index (κ2) is 7.75. The standard InChI is InChI=1S/C20H22N6O2/c1-14-4-5-17(16-3-2-8-22-18(14)16)24-19(27)20(28)25-9-6-15(7-10-25)11-26-13-21-12-23-26/h2-5,8,12-13,15H,6-7,9-11H2,1H3,(H,24,27). The molecule has 1 aliphatic heterocycles. The van der Waals surface area contributed by atoms with Crippen LogP contribution in [0.4, 0.5) is 5.69 Å². The maximum absolute atomic E-state index is 12.6. The third-order valence-electron chi connectivity index (χ3n) is 5.23. The fourth-order valence-electron chi connectivity index (χ4n) is 3.65. The van der Waals surface area contributed by atoms with E-state index in [4.69, 9.17) is 0 Å². The van der Waals surface area contributed by atoms with Crippen molar-refractivity contribution >= 4 is 28.4 Å². The molecule has 4 rings (SSSR count). The first-order valence-electron chi connectivity index (χ1n) is 9.39. The molecular weight excluding hydrogens is 356 g/mol. The molecule has 1 aromatic carbocycles. The predicted molar refractivity (Wildman–Crippen MR) is 104 cm³/mol. The van der Waals surface area contributed by atoms with Crippen LogP contribution in [0.1, 0.15) is 18.4 Å². The number of likely N-dealkylation sites (tertiary alicyclic amines) is 1. The number of nitrogens with one attached hydrogen (secondary N) is 1. The van der Waals surface area contributed by atoms with Gasteiger partial charge in [0.2, 0.25) is 0 Å². The zero-order valence-electron chi connectivity index (χ0n) is 15.7.